The van der Waals surface area contributed by atoms with E-state index in [0.29, 0.717) is 23.6 Å². The molecule has 11 nitrogen and oxygen atoms in total. The Balaban J connectivity index is 1.27. The minimum Gasteiger partial charge on any atom is -0.488 e. The number of anilines is 1. The monoisotopic (exact) mass is 616 g/mol. The molecular formula is C32H36N6O5S. The molecule has 0 bridgehead atoms. The van der Waals surface area contributed by atoms with Gasteiger partial charge in [0, 0.05) is 44.8 Å². The molecule has 1 N–H and O–H groups in total. The zero-order valence-electron chi connectivity index (χ0n) is 24.9. The molecule has 1 saturated carbocycles. The first kappa shape index (κ1) is 28.7. The number of nitrogens with zero attached hydrogens (tertiary/aromatic N) is 6. The summed E-state index contributed by atoms with van der Waals surface area (Å²) in [6, 6.07) is 13.0. The van der Waals surface area contributed by atoms with Crippen molar-refractivity contribution < 1.29 is 23.1 Å². The van der Waals surface area contributed by atoms with Gasteiger partial charge in [-0.1, -0.05) is 23.4 Å². The van der Waals surface area contributed by atoms with Crippen molar-refractivity contribution in [1.82, 2.24) is 24.3 Å². The van der Waals surface area contributed by atoms with Crippen LogP contribution in [-0.4, -0.2) is 69.0 Å². The van der Waals surface area contributed by atoms with Crippen molar-refractivity contribution in [2.75, 3.05) is 18.0 Å². The standard InChI is InChI=1S/C32H36N6O5S/c1-20-8-9-21(26(17-30(39)40)22-15-27-31(36(2)35-34-27)28(16-22)43-25-10-11-25)14-23(20)18-37-19-24-6-3-4-13-38(24)32-29(44(37,41)42)7-5-12-33-32/h5,7-9,12,14-16,24-26H,3-4,6,10-11,13,17-19H2,1-2H3,(H,39,40)/t24-,26?/m1/s1. The van der Waals surface area contributed by atoms with Crippen LogP contribution in [0.15, 0.2) is 53.6 Å². The fraction of sp³-hybridized carbons (Fsp3) is 0.438. The summed E-state index contributed by atoms with van der Waals surface area (Å²) in [5, 5.41) is 18.5. The van der Waals surface area contributed by atoms with Crippen molar-refractivity contribution in [3.8, 4) is 5.75 Å². The van der Waals surface area contributed by atoms with Gasteiger partial charge in [-0.25, -0.2) is 18.1 Å². The lowest BCUT2D eigenvalue weighted by molar-refractivity contribution is -0.137. The Kier molecular flexibility index (Phi) is 7.28. The van der Waals surface area contributed by atoms with Gasteiger partial charge in [-0.15, -0.1) is 5.10 Å². The molecule has 1 unspecified atom stereocenters. The van der Waals surface area contributed by atoms with E-state index in [-0.39, 0.29) is 30.0 Å². The highest BCUT2D eigenvalue weighted by atomic mass is 32.2. The fourth-order valence-electron chi connectivity index (χ4n) is 6.59. The van der Waals surface area contributed by atoms with Crippen LogP contribution in [-0.2, 0) is 28.4 Å². The molecule has 44 heavy (non-hydrogen) atoms. The van der Waals surface area contributed by atoms with E-state index in [1.54, 1.807) is 27.3 Å². The number of carboxylic acid groups (broad SMARTS) is 1. The number of aliphatic carboxylic acids is 1. The molecule has 2 aromatic carbocycles. The molecule has 230 valence electrons. The normalized spacial score (nSPS) is 20.5. The van der Waals surface area contributed by atoms with E-state index in [2.05, 4.69) is 20.2 Å². The summed E-state index contributed by atoms with van der Waals surface area (Å²) in [5.41, 5.74) is 4.76. The molecule has 2 fully saturated rings. The van der Waals surface area contributed by atoms with Gasteiger partial charge in [0.2, 0.25) is 10.0 Å². The van der Waals surface area contributed by atoms with Gasteiger partial charge in [0.15, 0.2) is 0 Å². The second kappa shape index (κ2) is 11.2. The van der Waals surface area contributed by atoms with Crippen LogP contribution < -0.4 is 9.64 Å². The topological polar surface area (TPSA) is 131 Å². The number of rotatable bonds is 8. The maximum atomic E-state index is 14.1. The molecule has 1 aliphatic carbocycles. The number of sulfonamides is 1. The number of carboxylic acids is 1. The van der Waals surface area contributed by atoms with Gasteiger partial charge in [-0.2, -0.15) is 4.31 Å². The number of fused-ring (bicyclic) bond motifs is 4. The highest BCUT2D eigenvalue weighted by Gasteiger charge is 2.39. The number of piperidine rings is 1. The Morgan fingerprint density at radius 2 is 1.95 bits per heavy atom. The third-order valence-electron chi connectivity index (χ3n) is 9.09. The molecule has 2 aliphatic heterocycles. The minimum absolute atomic E-state index is 0.0431. The molecule has 1 saturated heterocycles. The number of aromatic nitrogens is 4. The summed E-state index contributed by atoms with van der Waals surface area (Å²) in [6.07, 6.45) is 6.57. The van der Waals surface area contributed by atoms with Crippen LogP contribution in [0.3, 0.4) is 0 Å². The molecule has 2 atom stereocenters. The molecule has 0 radical (unpaired) electrons. The number of hydrogen-bond donors (Lipinski definition) is 1. The first-order valence-corrected chi connectivity index (χ1v) is 16.7. The number of benzene rings is 2. The van der Waals surface area contributed by atoms with Crippen LogP contribution in [0, 0.1) is 6.92 Å². The van der Waals surface area contributed by atoms with Crippen molar-refractivity contribution in [3.63, 3.8) is 0 Å². The van der Waals surface area contributed by atoms with Crippen molar-refractivity contribution in [1.29, 1.82) is 0 Å². The smallest absolute Gasteiger partial charge is 0.304 e. The van der Waals surface area contributed by atoms with E-state index in [1.165, 1.54) is 0 Å². The number of ether oxygens (including phenoxy) is 1. The lowest BCUT2D eigenvalue weighted by Gasteiger charge is -2.36. The maximum Gasteiger partial charge on any atom is 0.304 e. The summed E-state index contributed by atoms with van der Waals surface area (Å²) < 4.78 is 37.6. The van der Waals surface area contributed by atoms with Gasteiger partial charge in [-0.05, 0) is 85.5 Å². The summed E-state index contributed by atoms with van der Waals surface area (Å²) >= 11 is 0. The Hall–Kier alpha value is -4.03. The maximum absolute atomic E-state index is 14.1. The number of hydrogen-bond acceptors (Lipinski definition) is 8. The summed E-state index contributed by atoms with van der Waals surface area (Å²) in [5.74, 6) is -0.248. The van der Waals surface area contributed by atoms with Crippen molar-refractivity contribution in [2.24, 2.45) is 7.05 Å². The largest absolute Gasteiger partial charge is 0.488 e. The number of carbonyl (C=O) groups is 1. The van der Waals surface area contributed by atoms with Crippen LogP contribution in [0.5, 0.6) is 5.75 Å². The zero-order valence-corrected chi connectivity index (χ0v) is 25.7. The Morgan fingerprint density at radius 3 is 2.75 bits per heavy atom. The van der Waals surface area contributed by atoms with Gasteiger partial charge >= 0.3 is 5.97 Å². The first-order valence-electron chi connectivity index (χ1n) is 15.2. The first-order chi connectivity index (χ1) is 21.2. The van der Waals surface area contributed by atoms with E-state index in [9.17, 15) is 18.3 Å². The Morgan fingerprint density at radius 1 is 1.11 bits per heavy atom. The highest BCUT2D eigenvalue weighted by Crippen LogP contribution is 2.39. The van der Waals surface area contributed by atoms with Gasteiger partial charge < -0.3 is 14.7 Å². The molecule has 3 aliphatic rings. The Labute approximate surface area is 256 Å². The van der Waals surface area contributed by atoms with E-state index in [1.807, 2.05) is 44.3 Å². The van der Waals surface area contributed by atoms with Crippen LogP contribution in [0.1, 0.15) is 66.7 Å². The van der Waals surface area contributed by atoms with E-state index in [4.69, 9.17) is 4.74 Å². The molecular weight excluding hydrogens is 580 g/mol. The predicted octanol–water partition coefficient (Wildman–Crippen LogP) is 4.38. The molecule has 2 aromatic heterocycles. The number of aryl methyl sites for hydroxylation is 2. The lowest BCUT2D eigenvalue weighted by atomic mass is 9.86. The molecule has 7 rings (SSSR count). The van der Waals surface area contributed by atoms with E-state index in [0.717, 1.165) is 66.4 Å². The quantitative estimate of drug-likeness (QED) is 0.306. The van der Waals surface area contributed by atoms with Crippen molar-refractivity contribution >= 4 is 32.8 Å². The second-order valence-corrected chi connectivity index (χ2v) is 14.1. The second-order valence-electron chi connectivity index (χ2n) is 12.2. The van der Waals surface area contributed by atoms with Crippen LogP contribution >= 0.6 is 0 Å². The van der Waals surface area contributed by atoms with Gasteiger partial charge in [-0.3, -0.25) is 4.79 Å². The van der Waals surface area contributed by atoms with E-state index >= 15 is 0 Å². The summed E-state index contributed by atoms with van der Waals surface area (Å²) in [6.45, 7) is 3.29. The van der Waals surface area contributed by atoms with E-state index < -0.39 is 21.9 Å². The van der Waals surface area contributed by atoms with Gasteiger partial charge in [0.05, 0.1) is 12.5 Å². The average Bonchev–Trinajstić information content (AvgIpc) is 3.76. The summed E-state index contributed by atoms with van der Waals surface area (Å²) in [4.78, 5) is 19.1. The third-order valence-corrected chi connectivity index (χ3v) is 10.9. The van der Waals surface area contributed by atoms with Crippen LogP contribution in [0.4, 0.5) is 5.82 Å². The van der Waals surface area contributed by atoms with Crippen molar-refractivity contribution in [3.05, 3.63) is 70.9 Å². The highest BCUT2D eigenvalue weighted by molar-refractivity contribution is 7.89. The van der Waals surface area contributed by atoms with Crippen LogP contribution in [0.25, 0.3) is 11.0 Å². The molecule has 4 aromatic rings. The van der Waals surface area contributed by atoms with Crippen LogP contribution in [0.2, 0.25) is 0 Å². The van der Waals surface area contributed by atoms with Gasteiger partial charge in [0.25, 0.3) is 0 Å². The molecule has 4 heterocycles. The SMILES string of the molecule is Cc1ccc(C(CC(=O)O)c2cc(OC3CC3)c3c(c2)nnn3C)cc1CN1C[C@H]2CCCCN2c2ncccc2S1(=O)=O. The lowest BCUT2D eigenvalue weighted by Crippen LogP contribution is -2.45. The van der Waals surface area contributed by atoms with Gasteiger partial charge in [0.1, 0.15) is 27.5 Å². The van der Waals surface area contributed by atoms with Crippen molar-refractivity contribution in [2.45, 2.75) is 75.0 Å². The molecule has 0 amide bonds. The third kappa shape index (κ3) is 5.30. The average molecular weight is 617 g/mol. The molecule has 12 heteroatoms. The Bertz CT molecular complexity index is 1850. The zero-order chi connectivity index (χ0) is 30.6. The molecule has 0 spiro atoms. The number of pyridine rings is 1. The fourth-order valence-corrected chi connectivity index (χ4v) is 8.20. The predicted molar refractivity (Wildman–Crippen MR) is 164 cm³/mol. The summed E-state index contributed by atoms with van der Waals surface area (Å²) in [7, 11) is -2.02. The minimum atomic E-state index is -3.83.